The predicted octanol–water partition coefficient (Wildman–Crippen LogP) is 2.31. The van der Waals surface area contributed by atoms with Crippen LogP contribution in [-0.4, -0.2) is 33.7 Å². The third-order valence-corrected chi connectivity index (χ3v) is 4.18. The molecule has 2 heterocycles. The molecule has 0 saturated carbocycles. The zero-order valence-electron chi connectivity index (χ0n) is 13.1. The lowest BCUT2D eigenvalue weighted by Crippen LogP contribution is -2.37. The lowest BCUT2D eigenvalue weighted by Gasteiger charge is -2.20. The molecule has 1 amide bonds. The second-order valence-electron chi connectivity index (χ2n) is 5.88. The van der Waals surface area contributed by atoms with Gasteiger partial charge in [0.25, 0.3) is 5.56 Å². The summed E-state index contributed by atoms with van der Waals surface area (Å²) in [5.41, 5.74) is 1.39. The van der Waals surface area contributed by atoms with Gasteiger partial charge >= 0.3 is 0 Å². The Bertz CT molecular complexity index is 717. The highest BCUT2D eigenvalue weighted by atomic mass is 16.2. The van der Waals surface area contributed by atoms with Gasteiger partial charge in [0.05, 0.1) is 5.69 Å². The molecular weight excluding hydrogens is 290 g/mol. The summed E-state index contributed by atoms with van der Waals surface area (Å²) in [7, 11) is 0. The molecule has 0 radical (unpaired) electrons. The third kappa shape index (κ3) is 3.86. The Morgan fingerprint density at radius 3 is 2.35 bits per heavy atom. The Morgan fingerprint density at radius 2 is 1.65 bits per heavy atom. The van der Waals surface area contributed by atoms with E-state index in [1.54, 1.807) is 6.07 Å². The van der Waals surface area contributed by atoms with E-state index < -0.39 is 0 Å². The molecule has 3 rings (SSSR count). The minimum Gasteiger partial charge on any atom is -0.341 e. The van der Waals surface area contributed by atoms with Gasteiger partial charge in [0.1, 0.15) is 6.54 Å². The molecular formula is C18H21N3O2. The Morgan fingerprint density at radius 1 is 0.957 bits per heavy atom. The molecule has 2 aromatic rings. The maximum Gasteiger partial charge on any atom is 0.267 e. The molecule has 1 saturated heterocycles. The average Bonchev–Trinajstić information content (AvgIpc) is 2.87. The molecule has 0 N–H and O–H groups in total. The molecule has 1 aliphatic heterocycles. The summed E-state index contributed by atoms with van der Waals surface area (Å²) in [6.07, 6.45) is 4.42. The summed E-state index contributed by atoms with van der Waals surface area (Å²) < 4.78 is 1.27. The highest BCUT2D eigenvalue weighted by Gasteiger charge is 2.17. The molecule has 1 aliphatic rings. The van der Waals surface area contributed by atoms with Crippen molar-refractivity contribution in [3.8, 4) is 11.3 Å². The van der Waals surface area contributed by atoms with Crippen LogP contribution in [0.5, 0.6) is 0 Å². The minimum absolute atomic E-state index is 0.0134. The van der Waals surface area contributed by atoms with Crippen LogP contribution in [0.3, 0.4) is 0 Å². The third-order valence-electron chi connectivity index (χ3n) is 4.18. The first-order chi connectivity index (χ1) is 11.2. The number of amides is 1. The molecule has 120 valence electrons. The summed E-state index contributed by atoms with van der Waals surface area (Å²) in [6.45, 7) is 1.58. The minimum atomic E-state index is -0.243. The Labute approximate surface area is 135 Å². The zero-order chi connectivity index (χ0) is 16.1. The van der Waals surface area contributed by atoms with Crippen molar-refractivity contribution in [2.24, 2.45) is 0 Å². The van der Waals surface area contributed by atoms with Crippen molar-refractivity contribution in [3.05, 3.63) is 52.8 Å². The average molecular weight is 311 g/mol. The van der Waals surface area contributed by atoms with Gasteiger partial charge in [-0.25, -0.2) is 4.68 Å². The molecule has 5 nitrogen and oxygen atoms in total. The van der Waals surface area contributed by atoms with E-state index in [0.29, 0.717) is 5.69 Å². The molecule has 1 fully saturated rings. The van der Waals surface area contributed by atoms with E-state index in [-0.39, 0.29) is 18.0 Å². The van der Waals surface area contributed by atoms with Crippen LogP contribution in [0.25, 0.3) is 11.3 Å². The van der Waals surface area contributed by atoms with E-state index in [1.807, 2.05) is 35.2 Å². The number of carbonyl (C=O) groups excluding carboxylic acids is 1. The number of hydrogen-bond acceptors (Lipinski definition) is 3. The van der Waals surface area contributed by atoms with E-state index in [9.17, 15) is 9.59 Å². The van der Waals surface area contributed by atoms with Gasteiger partial charge in [-0.1, -0.05) is 43.2 Å². The number of nitrogens with zero attached hydrogens (tertiary/aromatic N) is 3. The van der Waals surface area contributed by atoms with Crippen LogP contribution in [0, 0.1) is 0 Å². The molecule has 0 atom stereocenters. The van der Waals surface area contributed by atoms with Crippen molar-refractivity contribution < 1.29 is 4.79 Å². The number of rotatable bonds is 3. The molecule has 0 bridgehead atoms. The van der Waals surface area contributed by atoms with E-state index in [2.05, 4.69) is 5.10 Å². The van der Waals surface area contributed by atoms with Gasteiger partial charge in [0.15, 0.2) is 0 Å². The Kier molecular flexibility index (Phi) is 4.86. The van der Waals surface area contributed by atoms with Crippen LogP contribution in [0.2, 0.25) is 0 Å². The highest BCUT2D eigenvalue weighted by Crippen LogP contribution is 2.14. The summed E-state index contributed by atoms with van der Waals surface area (Å²) in [4.78, 5) is 26.3. The number of benzene rings is 1. The first kappa shape index (κ1) is 15.5. The fourth-order valence-corrected chi connectivity index (χ4v) is 2.87. The standard InChI is InChI=1S/C18H21N3O2/c22-17-11-10-16(15-8-4-3-5-9-15)19-21(17)14-18(23)20-12-6-1-2-7-13-20/h3-5,8-11H,1-2,6-7,12-14H2. The fourth-order valence-electron chi connectivity index (χ4n) is 2.87. The lowest BCUT2D eigenvalue weighted by atomic mass is 10.1. The molecule has 0 unspecified atom stereocenters. The van der Waals surface area contributed by atoms with Gasteiger partial charge in [0.2, 0.25) is 5.91 Å². The molecule has 1 aromatic heterocycles. The zero-order valence-corrected chi connectivity index (χ0v) is 13.1. The van der Waals surface area contributed by atoms with Crippen molar-refractivity contribution in [2.75, 3.05) is 13.1 Å². The fraction of sp³-hybridized carbons (Fsp3) is 0.389. The second-order valence-corrected chi connectivity index (χ2v) is 5.88. The maximum absolute atomic E-state index is 12.4. The van der Waals surface area contributed by atoms with E-state index in [0.717, 1.165) is 31.5 Å². The predicted molar refractivity (Wildman–Crippen MR) is 89.0 cm³/mol. The van der Waals surface area contributed by atoms with Crippen molar-refractivity contribution in [1.82, 2.24) is 14.7 Å². The summed E-state index contributed by atoms with van der Waals surface area (Å²) >= 11 is 0. The van der Waals surface area contributed by atoms with Crippen LogP contribution in [-0.2, 0) is 11.3 Å². The summed E-state index contributed by atoms with van der Waals surface area (Å²) in [5.74, 6) is -0.0216. The van der Waals surface area contributed by atoms with Gasteiger partial charge in [-0.3, -0.25) is 9.59 Å². The SMILES string of the molecule is O=C(Cn1nc(-c2ccccc2)ccc1=O)N1CCCCCC1. The van der Waals surface area contributed by atoms with Crippen molar-refractivity contribution in [3.63, 3.8) is 0 Å². The quantitative estimate of drug-likeness (QED) is 0.874. The van der Waals surface area contributed by atoms with E-state index >= 15 is 0 Å². The van der Waals surface area contributed by atoms with Gasteiger partial charge in [-0.15, -0.1) is 0 Å². The largest absolute Gasteiger partial charge is 0.341 e. The van der Waals surface area contributed by atoms with Gasteiger partial charge in [-0.05, 0) is 18.9 Å². The number of aromatic nitrogens is 2. The molecule has 1 aromatic carbocycles. The topological polar surface area (TPSA) is 55.2 Å². The number of hydrogen-bond donors (Lipinski definition) is 0. The van der Waals surface area contributed by atoms with Crippen molar-refractivity contribution in [2.45, 2.75) is 32.2 Å². The summed E-state index contributed by atoms with van der Waals surface area (Å²) in [5, 5.41) is 4.36. The number of carbonyl (C=O) groups is 1. The van der Waals surface area contributed by atoms with Gasteiger partial charge in [0, 0.05) is 24.7 Å². The van der Waals surface area contributed by atoms with Gasteiger partial charge in [-0.2, -0.15) is 5.10 Å². The molecule has 0 spiro atoms. The maximum atomic E-state index is 12.4. The van der Waals surface area contributed by atoms with E-state index in [4.69, 9.17) is 0 Å². The van der Waals surface area contributed by atoms with E-state index in [1.165, 1.54) is 23.6 Å². The van der Waals surface area contributed by atoms with Crippen LogP contribution >= 0.6 is 0 Å². The first-order valence-electron chi connectivity index (χ1n) is 8.15. The normalized spacial score (nSPS) is 15.2. The first-order valence-corrected chi connectivity index (χ1v) is 8.15. The van der Waals surface area contributed by atoms with Gasteiger partial charge < -0.3 is 4.90 Å². The monoisotopic (exact) mass is 311 g/mol. The Balaban J connectivity index is 1.79. The highest BCUT2D eigenvalue weighted by molar-refractivity contribution is 5.76. The van der Waals surface area contributed by atoms with Crippen LogP contribution in [0.4, 0.5) is 0 Å². The number of likely N-dealkylation sites (tertiary alicyclic amines) is 1. The van der Waals surface area contributed by atoms with Crippen LogP contribution in [0.15, 0.2) is 47.3 Å². The Hall–Kier alpha value is -2.43. The smallest absolute Gasteiger partial charge is 0.267 e. The van der Waals surface area contributed by atoms with Crippen molar-refractivity contribution >= 4 is 5.91 Å². The molecule has 23 heavy (non-hydrogen) atoms. The molecule has 0 aliphatic carbocycles. The van der Waals surface area contributed by atoms with Crippen LogP contribution in [0.1, 0.15) is 25.7 Å². The van der Waals surface area contributed by atoms with Crippen molar-refractivity contribution in [1.29, 1.82) is 0 Å². The summed E-state index contributed by atoms with van der Waals surface area (Å²) in [6, 6.07) is 12.8. The van der Waals surface area contributed by atoms with Crippen LogP contribution < -0.4 is 5.56 Å². The second kappa shape index (κ2) is 7.22. The molecule has 5 heteroatoms. The lowest BCUT2D eigenvalue weighted by molar-refractivity contribution is -0.132.